The summed E-state index contributed by atoms with van der Waals surface area (Å²) in [6, 6.07) is 1.87. The van der Waals surface area contributed by atoms with Crippen molar-refractivity contribution in [3.63, 3.8) is 0 Å². The number of likely N-dealkylation sites (N-methyl/N-ethyl adjacent to an activating group) is 1. The third-order valence-electron chi connectivity index (χ3n) is 3.18. The lowest BCUT2D eigenvalue weighted by atomic mass is 9.93. The zero-order valence-corrected chi connectivity index (χ0v) is 10.7. The molecule has 5 nitrogen and oxygen atoms in total. The molecule has 0 amide bonds. The summed E-state index contributed by atoms with van der Waals surface area (Å²) in [4.78, 5) is 15.0. The maximum absolute atomic E-state index is 11.1. The van der Waals surface area contributed by atoms with Gasteiger partial charge < -0.3 is 5.32 Å². The molecule has 0 saturated carbocycles. The number of aromatic nitrogens is 1. The van der Waals surface area contributed by atoms with Gasteiger partial charge in [-0.1, -0.05) is 13.8 Å². The van der Waals surface area contributed by atoms with E-state index in [0.717, 1.165) is 6.42 Å². The summed E-state index contributed by atoms with van der Waals surface area (Å²) in [7, 11) is 1.87. The Morgan fingerprint density at radius 2 is 2.24 bits per heavy atom. The topological polar surface area (TPSA) is 68.1 Å². The highest BCUT2D eigenvalue weighted by Gasteiger charge is 2.26. The minimum absolute atomic E-state index is 0.0188. The molecule has 2 atom stereocenters. The van der Waals surface area contributed by atoms with E-state index in [4.69, 9.17) is 0 Å². The van der Waals surface area contributed by atoms with Crippen LogP contribution in [0.5, 0.6) is 0 Å². The van der Waals surface area contributed by atoms with Crippen molar-refractivity contribution in [2.24, 2.45) is 0 Å². The van der Waals surface area contributed by atoms with Gasteiger partial charge in [0.05, 0.1) is 4.92 Å². The van der Waals surface area contributed by atoms with E-state index in [1.165, 1.54) is 0 Å². The number of hydrogen-bond donors (Lipinski definition) is 1. The van der Waals surface area contributed by atoms with Crippen LogP contribution < -0.4 is 5.32 Å². The molecule has 0 aliphatic carbocycles. The summed E-state index contributed by atoms with van der Waals surface area (Å²) in [6.45, 7) is 5.77. The van der Waals surface area contributed by atoms with Crippen molar-refractivity contribution in [1.82, 2.24) is 10.3 Å². The van der Waals surface area contributed by atoms with Crippen LogP contribution in [-0.4, -0.2) is 23.0 Å². The zero-order valence-electron chi connectivity index (χ0n) is 10.7. The Hall–Kier alpha value is -1.49. The molecule has 0 aliphatic rings. The Morgan fingerprint density at radius 1 is 1.59 bits per heavy atom. The fourth-order valence-electron chi connectivity index (χ4n) is 2.14. The van der Waals surface area contributed by atoms with E-state index >= 15 is 0 Å². The van der Waals surface area contributed by atoms with Crippen LogP contribution in [0.15, 0.2) is 12.3 Å². The van der Waals surface area contributed by atoms with Gasteiger partial charge in [-0.05, 0) is 26.5 Å². The largest absolute Gasteiger partial charge is 0.316 e. The third kappa shape index (κ3) is 2.79. The molecule has 0 bridgehead atoms. The van der Waals surface area contributed by atoms with Crippen molar-refractivity contribution in [3.05, 3.63) is 33.6 Å². The molecule has 0 spiro atoms. The fraction of sp³-hybridized carbons (Fsp3) is 0.583. The molecule has 1 heterocycles. The minimum Gasteiger partial charge on any atom is -0.316 e. The van der Waals surface area contributed by atoms with Crippen LogP contribution in [0, 0.1) is 17.0 Å². The van der Waals surface area contributed by atoms with Gasteiger partial charge in [0, 0.05) is 23.7 Å². The normalized spacial score (nSPS) is 14.4. The number of hydrogen-bond acceptors (Lipinski definition) is 4. The van der Waals surface area contributed by atoms with Gasteiger partial charge in [-0.3, -0.25) is 15.1 Å². The fourth-order valence-corrected chi connectivity index (χ4v) is 2.14. The smallest absolute Gasteiger partial charge is 0.293 e. The van der Waals surface area contributed by atoms with E-state index in [1.54, 1.807) is 19.2 Å². The van der Waals surface area contributed by atoms with Crippen LogP contribution in [0.3, 0.4) is 0 Å². The van der Waals surface area contributed by atoms with Gasteiger partial charge in [0.25, 0.3) is 5.69 Å². The molecule has 5 heteroatoms. The van der Waals surface area contributed by atoms with Gasteiger partial charge in [-0.15, -0.1) is 0 Å². The first-order chi connectivity index (χ1) is 8.02. The van der Waals surface area contributed by atoms with Gasteiger partial charge in [-0.2, -0.15) is 0 Å². The van der Waals surface area contributed by atoms with E-state index in [-0.39, 0.29) is 22.6 Å². The third-order valence-corrected chi connectivity index (χ3v) is 3.18. The van der Waals surface area contributed by atoms with E-state index in [0.29, 0.717) is 11.3 Å². The zero-order chi connectivity index (χ0) is 13.0. The van der Waals surface area contributed by atoms with Gasteiger partial charge >= 0.3 is 0 Å². The second-order valence-electron chi connectivity index (χ2n) is 4.21. The molecule has 1 rings (SSSR count). The van der Waals surface area contributed by atoms with Crippen molar-refractivity contribution in [1.29, 1.82) is 0 Å². The maximum atomic E-state index is 11.1. The molecular weight excluding hydrogens is 218 g/mol. The molecule has 1 aromatic heterocycles. The van der Waals surface area contributed by atoms with Crippen LogP contribution in [0.25, 0.3) is 0 Å². The summed E-state index contributed by atoms with van der Waals surface area (Å²) in [6.07, 6.45) is 2.54. The second kappa shape index (κ2) is 5.72. The number of nitro groups is 1. The second-order valence-corrected chi connectivity index (χ2v) is 4.21. The van der Waals surface area contributed by atoms with Crippen LogP contribution in [0.4, 0.5) is 5.69 Å². The van der Waals surface area contributed by atoms with Crippen molar-refractivity contribution >= 4 is 5.69 Å². The highest BCUT2D eigenvalue weighted by atomic mass is 16.6. The van der Waals surface area contributed by atoms with Gasteiger partial charge in [-0.25, -0.2) is 0 Å². The Labute approximate surface area is 101 Å². The summed E-state index contributed by atoms with van der Waals surface area (Å²) in [5.41, 5.74) is 1.38. The number of nitrogens with zero attached hydrogens (tertiary/aromatic N) is 2. The summed E-state index contributed by atoms with van der Waals surface area (Å²) >= 11 is 0. The van der Waals surface area contributed by atoms with Crippen molar-refractivity contribution in [2.75, 3.05) is 7.05 Å². The van der Waals surface area contributed by atoms with Gasteiger partial charge in [0.1, 0.15) is 5.69 Å². The molecule has 0 fully saturated rings. The van der Waals surface area contributed by atoms with Crippen LogP contribution in [0.2, 0.25) is 0 Å². The Morgan fingerprint density at radius 3 is 2.71 bits per heavy atom. The lowest BCUT2D eigenvalue weighted by Crippen LogP contribution is -2.30. The number of aryl methyl sites for hydroxylation is 1. The van der Waals surface area contributed by atoms with E-state index in [9.17, 15) is 10.1 Å². The average Bonchev–Trinajstić information content (AvgIpc) is 2.29. The predicted octanol–water partition coefficient (Wildman–Crippen LogP) is 2.40. The molecule has 0 radical (unpaired) electrons. The average molecular weight is 237 g/mol. The Balaban J connectivity index is 3.21. The molecule has 0 aliphatic heterocycles. The Bertz CT molecular complexity index is 403. The first-order valence-electron chi connectivity index (χ1n) is 5.80. The van der Waals surface area contributed by atoms with Crippen molar-refractivity contribution in [2.45, 2.75) is 39.2 Å². The number of nitrogens with one attached hydrogen (secondary N) is 1. The standard InChI is InChI=1S/C12H19N3O2/c1-5-10(13-4)9(3)11-12(15(16)17)8(2)6-7-14-11/h6-7,9-10,13H,5H2,1-4H3. The van der Waals surface area contributed by atoms with Gasteiger partial charge in [0.15, 0.2) is 0 Å². The first-order valence-corrected chi connectivity index (χ1v) is 5.80. The van der Waals surface area contributed by atoms with E-state index in [1.807, 2.05) is 14.0 Å². The highest BCUT2D eigenvalue weighted by Crippen LogP contribution is 2.30. The molecule has 2 unspecified atom stereocenters. The molecular formula is C12H19N3O2. The highest BCUT2D eigenvalue weighted by molar-refractivity contribution is 5.44. The number of rotatable bonds is 5. The monoisotopic (exact) mass is 237 g/mol. The molecule has 1 N–H and O–H groups in total. The Kier molecular flexibility index (Phi) is 4.57. The van der Waals surface area contributed by atoms with Gasteiger partial charge in [0.2, 0.25) is 0 Å². The first kappa shape index (κ1) is 13.6. The SMILES string of the molecule is CCC(NC)C(C)c1nccc(C)c1[N+](=O)[O-]. The lowest BCUT2D eigenvalue weighted by molar-refractivity contribution is -0.386. The maximum Gasteiger partial charge on any atom is 0.293 e. The minimum atomic E-state index is -0.337. The van der Waals surface area contributed by atoms with E-state index in [2.05, 4.69) is 17.2 Å². The lowest BCUT2D eigenvalue weighted by Gasteiger charge is -2.21. The van der Waals surface area contributed by atoms with Crippen LogP contribution in [-0.2, 0) is 0 Å². The van der Waals surface area contributed by atoms with Crippen LogP contribution in [0.1, 0.15) is 37.4 Å². The summed E-state index contributed by atoms with van der Waals surface area (Å²) in [5, 5.41) is 14.3. The molecule has 94 valence electrons. The molecule has 1 aromatic rings. The summed E-state index contributed by atoms with van der Waals surface area (Å²) in [5.74, 6) is 0.0188. The quantitative estimate of drug-likeness (QED) is 0.630. The number of pyridine rings is 1. The van der Waals surface area contributed by atoms with E-state index < -0.39 is 0 Å². The van der Waals surface area contributed by atoms with Crippen molar-refractivity contribution < 1.29 is 4.92 Å². The molecule has 0 aromatic carbocycles. The van der Waals surface area contributed by atoms with Crippen LogP contribution >= 0.6 is 0 Å². The molecule has 17 heavy (non-hydrogen) atoms. The summed E-state index contributed by atoms with van der Waals surface area (Å²) < 4.78 is 0. The predicted molar refractivity (Wildman–Crippen MR) is 67.2 cm³/mol. The van der Waals surface area contributed by atoms with Crippen molar-refractivity contribution in [3.8, 4) is 0 Å². The molecule has 0 saturated heterocycles.